The van der Waals surface area contributed by atoms with E-state index < -0.39 is 0 Å². The van der Waals surface area contributed by atoms with Gasteiger partial charge in [0.1, 0.15) is 0 Å². The van der Waals surface area contributed by atoms with Crippen molar-refractivity contribution < 1.29 is 0 Å². The summed E-state index contributed by atoms with van der Waals surface area (Å²) in [5.41, 5.74) is 1.45. The van der Waals surface area contributed by atoms with E-state index in [0.717, 1.165) is 31.1 Å². The molecule has 2 heteroatoms. The largest absolute Gasteiger partial charge is 0.314 e. The second-order valence-electron chi connectivity index (χ2n) is 6.26. The summed E-state index contributed by atoms with van der Waals surface area (Å²) in [6, 6.07) is 13.2. The number of fused-ring (bicyclic) bond motifs is 2. The zero-order valence-electron chi connectivity index (χ0n) is 12.0. The molecule has 1 N–H and O–H groups in total. The molecule has 1 aromatic carbocycles. The van der Waals surface area contributed by atoms with Crippen LogP contribution in [0.1, 0.15) is 37.7 Å². The lowest BCUT2D eigenvalue weighted by Crippen LogP contribution is -2.54. The first kappa shape index (κ1) is 13.1. The Morgan fingerprint density at radius 2 is 1.79 bits per heavy atom. The lowest BCUT2D eigenvalue weighted by Gasteiger charge is -2.47. The second-order valence-corrected chi connectivity index (χ2v) is 6.26. The van der Waals surface area contributed by atoms with Crippen LogP contribution < -0.4 is 5.32 Å². The zero-order chi connectivity index (χ0) is 13.1. The molecule has 1 aromatic rings. The summed E-state index contributed by atoms with van der Waals surface area (Å²) in [7, 11) is 2.33. The van der Waals surface area contributed by atoms with Gasteiger partial charge in [-0.3, -0.25) is 0 Å². The van der Waals surface area contributed by atoms with Gasteiger partial charge in [-0.15, -0.1) is 0 Å². The lowest BCUT2D eigenvalue weighted by molar-refractivity contribution is 0.0488. The minimum atomic E-state index is 0.746. The van der Waals surface area contributed by atoms with E-state index in [1.807, 2.05) is 0 Å². The van der Waals surface area contributed by atoms with Gasteiger partial charge in [0.15, 0.2) is 0 Å². The van der Waals surface area contributed by atoms with Crippen molar-refractivity contribution >= 4 is 0 Å². The minimum absolute atomic E-state index is 0.746. The summed E-state index contributed by atoms with van der Waals surface area (Å²) in [4.78, 5) is 2.64. The molecule has 2 heterocycles. The molecule has 3 rings (SSSR count). The third-order valence-corrected chi connectivity index (χ3v) is 5.03. The van der Waals surface area contributed by atoms with Crippen molar-refractivity contribution in [2.75, 3.05) is 13.6 Å². The summed E-state index contributed by atoms with van der Waals surface area (Å²) in [6.07, 6.45) is 8.11. The van der Waals surface area contributed by atoms with Crippen molar-refractivity contribution in [2.45, 2.75) is 56.7 Å². The zero-order valence-corrected chi connectivity index (χ0v) is 12.0. The van der Waals surface area contributed by atoms with Gasteiger partial charge in [0.25, 0.3) is 0 Å². The third-order valence-electron chi connectivity index (χ3n) is 5.03. The van der Waals surface area contributed by atoms with E-state index in [2.05, 4.69) is 47.6 Å². The number of hydrogen-bond acceptors (Lipinski definition) is 2. The predicted octanol–water partition coefficient (Wildman–Crippen LogP) is 2.83. The highest BCUT2D eigenvalue weighted by molar-refractivity contribution is 5.14. The molecular formula is C17H26N2. The Morgan fingerprint density at radius 1 is 1.11 bits per heavy atom. The number of benzene rings is 1. The Morgan fingerprint density at radius 3 is 2.47 bits per heavy atom. The van der Waals surface area contributed by atoms with E-state index in [1.165, 1.54) is 37.7 Å². The Kier molecular flexibility index (Phi) is 4.19. The van der Waals surface area contributed by atoms with Gasteiger partial charge in [-0.2, -0.15) is 0 Å². The SMILES string of the molecule is CN1C2CCCC1CC(NCCc1ccccc1)C2. The quantitative estimate of drug-likeness (QED) is 0.893. The van der Waals surface area contributed by atoms with Gasteiger partial charge >= 0.3 is 0 Å². The van der Waals surface area contributed by atoms with Crippen LogP contribution in [0.15, 0.2) is 30.3 Å². The lowest BCUT2D eigenvalue weighted by atomic mass is 9.82. The summed E-state index contributed by atoms with van der Waals surface area (Å²) in [6.45, 7) is 1.12. The van der Waals surface area contributed by atoms with Crippen molar-refractivity contribution in [1.82, 2.24) is 10.2 Å². The number of piperidine rings is 2. The van der Waals surface area contributed by atoms with Gasteiger partial charge in [-0.1, -0.05) is 36.8 Å². The minimum Gasteiger partial charge on any atom is -0.314 e. The molecular weight excluding hydrogens is 232 g/mol. The molecule has 2 aliphatic rings. The van der Waals surface area contributed by atoms with Crippen molar-refractivity contribution in [3.05, 3.63) is 35.9 Å². The Hall–Kier alpha value is -0.860. The van der Waals surface area contributed by atoms with E-state index in [-0.39, 0.29) is 0 Å². The first-order chi connectivity index (χ1) is 9.33. The molecule has 19 heavy (non-hydrogen) atoms. The maximum absolute atomic E-state index is 3.79. The molecule has 2 atom stereocenters. The van der Waals surface area contributed by atoms with Crippen LogP contribution in [-0.4, -0.2) is 36.6 Å². The van der Waals surface area contributed by atoms with E-state index in [4.69, 9.17) is 0 Å². The van der Waals surface area contributed by atoms with Gasteiger partial charge < -0.3 is 10.2 Å². The van der Waals surface area contributed by atoms with E-state index >= 15 is 0 Å². The molecule has 2 bridgehead atoms. The Labute approximate surface area is 117 Å². The highest BCUT2D eigenvalue weighted by atomic mass is 15.2. The van der Waals surface area contributed by atoms with Gasteiger partial charge in [0, 0.05) is 18.1 Å². The molecule has 104 valence electrons. The number of nitrogens with zero attached hydrogens (tertiary/aromatic N) is 1. The van der Waals surface area contributed by atoms with Crippen molar-refractivity contribution in [2.24, 2.45) is 0 Å². The molecule has 0 saturated carbocycles. The summed E-state index contributed by atoms with van der Waals surface area (Å²) < 4.78 is 0. The van der Waals surface area contributed by atoms with Crippen LogP contribution in [0.25, 0.3) is 0 Å². The van der Waals surface area contributed by atoms with E-state index in [0.29, 0.717) is 0 Å². The molecule has 0 radical (unpaired) electrons. The fraction of sp³-hybridized carbons (Fsp3) is 0.647. The first-order valence-corrected chi connectivity index (χ1v) is 7.82. The van der Waals surface area contributed by atoms with Gasteiger partial charge in [0.2, 0.25) is 0 Å². The monoisotopic (exact) mass is 258 g/mol. The Balaban J connectivity index is 1.46. The molecule has 0 aromatic heterocycles. The molecule has 2 aliphatic heterocycles. The van der Waals surface area contributed by atoms with Crippen LogP contribution in [0, 0.1) is 0 Å². The smallest absolute Gasteiger partial charge is 0.0110 e. The third kappa shape index (κ3) is 3.18. The van der Waals surface area contributed by atoms with E-state index in [9.17, 15) is 0 Å². The van der Waals surface area contributed by atoms with Crippen LogP contribution in [-0.2, 0) is 6.42 Å². The van der Waals surface area contributed by atoms with Gasteiger partial charge in [-0.05, 0) is 51.3 Å². The first-order valence-electron chi connectivity index (χ1n) is 7.82. The molecule has 2 nitrogen and oxygen atoms in total. The highest BCUT2D eigenvalue weighted by Crippen LogP contribution is 2.32. The number of nitrogens with one attached hydrogen (secondary N) is 1. The maximum Gasteiger partial charge on any atom is 0.0110 e. The normalized spacial score (nSPS) is 31.3. The Bertz CT molecular complexity index is 376. The van der Waals surface area contributed by atoms with Gasteiger partial charge in [-0.25, -0.2) is 0 Å². The standard InChI is InChI=1S/C17H26N2/c1-19-16-8-5-9-17(19)13-15(12-16)18-11-10-14-6-3-2-4-7-14/h2-4,6-7,15-18H,5,8-13H2,1H3. The van der Waals surface area contributed by atoms with Crippen molar-refractivity contribution in [3.63, 3.8) is 0 Å². The van der Waals surface area contributed by atoms with Crippen LogP contribution in [0.2, 0.25) is 0 Å². The molecule has 0 amide bonds. The average Bonchev–Trinajstić information content (AvgIpc) is 2.41. The van der Waals surface area contributed by atoms with Crippen molar-refractivity contribution in [1.29, 1.82) is 0 Å². The summed E-state index contributed by atoms with van der Waals surface area (Å²) in [5, 5.41) is 3.79. The fourth-order valence-electron chi connectivity index (χ4n) is 3.85. The molecule has 2 saturated heterocycles. The number of hydrogen-bond donors (Lipinski definition) is 1. The average molecular weight is 258 g/mol. The summed E-state index contributed by atoms with van der Waals surface area (Å²) in [5.74, 6) is 0. The van der Waals surface area contributed by atoms with Crippen LogP contribution >= 0.6 is 0 Å². The predicted molar refractivity (Wildman–Crippen MR) is 80.4 cm³/mol. The molecule has 0 spiro atoms. The second kappa shape index (κ2) is 6.06. The number of rotatable bonds is 4. The maximum atomic E-state index is 3.79. The van der Waals surface area contributed by atoms with E-state index in [1.54, 1.807) is 0 Å². The van der Waals surface area contributed by atoms with Crippen LogP contribution in [0.3, 0.4) is 0 Å². The van der Waals surface area contributed by atoms with Crippen molar-refractivity contribution in [3.8, 4) is 0 Å². The molecule has 2 fully saturated rings. The van der Waals surface area contributed by atoms with Crippen LogP contribution in [0.5, 0.6) is 0 Å². The molecule has 0 aliphatic carbocycles. The fourth-order valence-corrected chi connectivity index (χ4v) is 3.85. The van der Waals surface area contributed by atoms with Gasteiger partial charge in [0.05, 0.1) is 0 Å². The molecule has 2 unspecified atom stereocenters. The van der Waals surface area contributed by atoms with Crippen LogP contribution in [0.4, 0.5) is 0 Å². The summed E-state index contributed by atoms with van der Waals surface area (Å²) >= 11 is 0. The topological polar surface area (TPSA) is 15.3 Å². The highest BCUT2D eigenvalue weighted by Gasteiger charge is 2.35.